The lowest BCUT2D eigenvalue weighted by atomic mass is 9.95. The Hall–Kier alpha value is -1.88. The van der Waals surface area contributed by atoms with E-state index in [9.17, 15) is 10.1 Å². The molecule has 0 radical (unpaired) electrons. The molecule has 2 aromatic rings. The summed E-state index contributed by atoms with van der Waals surface area (Å²) in [6.45, 7) is 0. The van der Waals surface area contributed by atoms with Gasteiger partial charge < -0.3 is 4.74 Å². The summed E-state index contributed by atoms with van der Waals surface area (Å²) in [6.07, 6.45) is 3.24. The zero-order valence-electron chi connectivity index (χ0n) is 9.95. The van der Waals surface area contributed by atoms with E-state index >= 15 is 0 Å². The Balaban J connectivity index is 2.01. The minimum atomic E-state index is -0.433. The zero-order valence-corrected chi connectivity index (χ0v) is 10.7. The summed E-state index contributed by atoms with van der Waals surface area (Å²) in [5.41, 5.74) is 0.346. The number of hydrogen-bond donors (Lipinski definition) is 0. The molecule has 1 saturated carbocycles. The second-order valence-electron chi connectivity index (χ2n) is 4.55. The maximum Gasteiger partial charge on any atom is 0.295 e. The number of rotatable bonds is 3. The van der Waals surface area contributed by atoms with Gasteiger partial charge in [0.05, 0.1) is 4.92 Å². The number of pyridine rings is 1. The van der Waals surface area contributed by atoms with Gasteiger partial charge in [-0.1, -0.05) is 0 Å². The van der Waals surface area contributed by atoms with Gasteiger partial charge in [0.15, 0.2) is 5.52 Å². The van der Waals surface area contributed by atoms with E-state index in [0.717, 1.165) is 12.8 Å². The largest absolute Gasteiger partial charge is 0.490 e. The van der Waals surface area contributed by atoms with Crippen molar-refractivity contribution in [1.29, 1.82) is 0 Å². The molecule has 6 heteroatoms. The molecule has 0 spiro atoms. The van der Waals surface area contributed by atoms with Crippen LogP contribution in [0.4, 0.5) is 5.69 Å². The predicted octanol–water partition coefficient (Wildman–Crippen LogP) is 3.29. The molecule has 1 aliphatic carbocycles. The van der Waals surface area contributed by atoms with E-state index in [1.807, 2.05) is 0 Å². The highest BCUT2D eigenvalue weighted by molar-refractivity contribution is 6.21. The van der Waals surface area contributed by atoms with E-state index in [2.05, 4.69) is 4.98 Å². The second-order valence-corrected chi connectivity index (χ2v) is 5.17. The van der Waals surface area contributed by atoms with Gasteiger partial charge in [-0.05, 0) is 18.2 Å². The van der Waals surface area contributed by atoms with Crippen molar-refractivity contribution in [3.8, 4) is 5.75 Å². The summed E-state index contributed by atoms with van der Waals surface area (Å²) in [5, 5.41) is 11.8. The first-order valence-electron chi connectivity index (χ1n) is 5.98. The molecule has 0 amide bonds. The Morgan fingerprint density at radius 3 is 2.84 bits per heavy atom. The van der Waals surface area contributed by atoms with E-state index in [4.69, 9.17) is 16.3 Å². The van der Waals surface area contributed by atoms with Crippen LogP contribution in [0.2, 0.25) is 0 Å². The second kappa shape index (κ2) is 4.66. The van der Waals surface area contributed by atoms with Crippen LogP contribution < -0.4 is 4.74 Å². The molecule has 0 unspecified atom stereocenters. The molecule has 0 atom stereocenters. The summed E-state index contributed by atoms with van der Waals surface area (Å²) < 4.78 is 5.82. The van der Waals surface area contributed by atoms with E-state index in [1.165, 1.54) is 12.3 Å². The highest BCUT2D eigenvalue weighted by Gasteiger charge is 2.29. The van der Waals surface area contributed by atoms with Crippen LogP contribution in [0.15, 0.2) is 30.5 Å². The molecule has 1 aromatic heterocycles. The quantitative estimate of drug-likeness (QED) is 0.491. The number of ether oxygens (including phenoxy) is 1. The molecule has 0 aliphatic heterocycles. The number of alkyl halides is 1. The molecule has 3 rings (SSSR count). The zero-order chi connectivity index (χ0) is 13.4. The van der Waals surface area contributed by atoms with Crippen LogP contribution in [0.1, 0.15) is 12.8 Å². The third-order valence-corrected chi connectivity index (χ3v) is 3.59. The van der Waals surface area contributed by atoms with Gasteiger partial charge >= 0.3 is 0 Å². The molecule has 0 bridgehead atoms. The maximum atomic E-state index is 11.0. The average Bonchev–Trinajstić information content (AvgIpc) is 2.36. The van der Waals surface area contributed by atoms with Crippen LogP contribution >= 0.6 is 11.6 Å². The summed E-state index contributed by atoms with van der Waals surface area (Å²) >= 11 is 5.91. The Morgan fingerprint density at radius 2 is 2.16 bits per heavy atom. The lowest BCUT2D eigenvalue weighted by Crippen LogP contribution is -2.34. The molecule has 1 aliphatic rings. The number of nitro groups is 1. The number of nitro benzene ring substituents is 1. The lowest BCUT2D eigenvalue weighted by molar-refractivity contribution is -0.383. The first-order valence-corrected chi connectivity index (χ1v) is 6.41. The Kier molecular flexibility index (Phi) is 2.98. The van der Waals surface area contributed by atoms with Crippen molar-refractivity contribution in [3.05, 3.63) is 40.6 Å². The number of nitrogens with zero attached hydrogens (tertiary/aromatic N) is 2. The number of halogens is 1. The monoisotopic (exact) mass is 278 g/mol. The topological polar surface area (TPSA) is 65.3 Å². The van der Waals surface area contributed by atoms with E-state index in [-0.39, 0.29) is 17.2 Å². The number of benzene rings is 1. The van der Waals surface area contributed by atoms with Crippen molar-refractivity contribution in [1.82, 2.24) is 4.98 Å². The molecule has 1 heterocycles. The van der Waals surface area contributed by atoms with E-state index < -0.39 is 4.92 Å². The Bertz CT molecular complexity index is 641. The molecule has 0 N–H and O–H groups in total. The van der Waals surface area contributed by atoms with Gasteiger partial charge in [-0.2, -0.15) is 0 Å². The molecule has 19 heavy (non-hydrogen) atoms. The molecular weight excluding hydrogens is 268 g/mol. The van der Waals surface area contributed by atoms with Crippen LogP contribution in [0.25, 0.3) is 10.9 Å². The molecule has 98 valence electrons. The van der Waals surface area contributed by atoms with E-state index in [1.54, 1.807) is 18.2 Å². The van der Waals surface area contributed by atoms with Crippen molar-refractivity contribution in [2.75, 3.05) is 0 Å². The molecule has 1 aromatic carbocycles. The van der Waals surface area contributed by atoms with Gasteiger partial charge in [0.1, 0.15) is 11.9 Å². The number of aromatic nitrogens is 1. The SMILES string of the molecule is O=[N+]([O-])c1ccc(OC2CC(Cl)C2)c2cccnc12. The summed E-state index contributed by atoms with van der Waals surface area (Å²) in [5.74, 6) is 0.627. The number of fused-ring (bicyclic) bond motifs is 1. The van der Waals surface area contributed by atoms with E-state index in [0.29, 0.717) is 16.7 Å². The minimum absolute atomic E-state index is 0.00761. The third kappa shape index (κ3) is 2.21. The molecule has 5 nitrogen and oxygen atoms in total. The average molecular weight is 279 g/mol. The van der Waals surface area contributed by atoms with Gasteiger partial charge in [0, 0.05) is 35.9 Å². The number of non-ortho nitro benzene ring substituents is 1. The van der Waals surface area contributed by atoms with Gasteiger partial charge in [0.25, 0.3) is 5.69 Å². The van der Waals surface area contributed by atoms with Crippen molar-refractivity contribution in [3.63, 3.8) is 0 Å². The van der Waals surface area contributed by atoms with Crippen LogP contribution in [-0.2, 0) is 0 Å². The van der Waals surface area contributed by atoms with Gasteiger partial charge in [-0.3, -0.25) is 10.1 Å². The first-order chi connectivity index (χ1) is 9.15. The third-order valence-electron chi connectivity index (χ3n) is 3.24. The van der Waals surface area contributed by atoms with Crippen molar-refractivity contribution >= 4 is 28.2 Å². The smallest absolute Gasteiger partial charge is 0.295 e. The van der Waals surface area contributed by atoms with Gasteiger partial charge in [0.2, 0.25) is 0 Å². The fraction of sp³-hybridized carbons (Fsp3) is 0.308. The highest BCUT2D eigenvalue weighted by Crippen LogP contribution is 2.35. The highest BCUT2D eigenvalue weighted by atomic mass is 35.5. The number of hydrogen-bond acceptors (Lipinski definition) is 4. The first kappa shape index (κ1) is 12.2. The van der Waals surface area contributed by atoms with Crippen LogP contribution in [0, 0.1) is 10.1 Å². The molecule has 0 saturated heterocycles. The fourth-order valence-corrected chi connectivity index (χ4v) is 2.56. The maximum absolute atomic E-state index is 11.0. The van der Waals surface area contributed by atoms with Crippen molar-refractivity contribution in [2.45, 2.75) is 24.3 Å². The van der Waals surface area contributed by atoms with Crippen LogP contribution in [0.3, 0.4) is 0 Å². The van der Waals surface area contributed by atoms with Crippen LogP contribution in [-0.4, -0.2) is 21.4 Å². The van der Waals surface area contributed by atoms with Crippen LogP contribution in [0.5, 0.6) is 5.75 Å². The fourth-order valence-electron chi connectivity index (χ4n) is 2.16. The molecular formula is C13H11ClN2O3. The van der Waals surface area contributed by atoms with Gasteiger partial charge in [-0.25, -0.2) is 4.98 Å². The van der Waals surface area contributed by atoms with Gasteiger partial charge in [-0.15, -0.1) is 11.6 Å². The standard InChI is InChI=1S/C13H11ClN2O3/c14-8-6-9(7-8)19-12-4-3-11(16(17)18)13-10(12)2-1-5-15-13/h1-5,8-9H,6-7H2. The predicted molar refractivity (Wildman–Crippen MR) is 71.7 cm³/mol. The summed E-state index contributed by atoms with van der Waals surface area (Å²) in [6, 6.07) is 6.58. The minimum Gasteiger partial charge on any atom is -0.490 e. The lowest BCUT2D eigenvalue weighted by Gasteiger charge is -2.31. The normalized spacial score (nSPS) is 21.9. The molecule has 1 fully saturated rings. The summed E-state index contributed by atoms with van der Waals surface area (Å²) in [4.78, 5) is 14.6. The Labute approximate surface area is 114 Å². The Morgan fingerprint density at radius 1 is 1.37 bits per heavy atom. The summed E-state index contributed by atoms with van der Waals surface area (Å²) in [7, 11) is 0. The van der Waals surface area contributed by atoms with Crippen molar-refractivity contribution in [2.24, 2.45) is 0 Å². The van der Waals surface area contributed by atoms with Crippen molar-refractivity contribution < 1.29 is 9.66 Å².